The summed E-state index contributed by atoms with van der Waals surface area (Å²) in [5, 5.41) is 0. The van der Waals surface area contributed by atoms with E-state index in [1.54, 1.807) is 25.1 Å². The number of carbonyl (C=O) groups is 1. The molecule has 6 nitrogen and oxygen atoms in total. The number of piperazine rings is 1. The monoisotopic (exact) mass is 341 g/mol. The normalized spacial score (nSPS) is 15.5. The molecule has 1 aliphatic rings. The molecule has 1 aromatic carbocycles. The summed E-state index contributed by atoms with van der Waals surface area (Å²) in [6.45, 7) is 5.83. The summed E-state index contributed by atoms with van der Waals surface area (Å²) in [6, 6.07) is 7.54. The Bertz CT molecular complexity index is 844. The highest BCUT2D eigenvalue weighted by Gasteiger charge is 2.27. The Balaban J connectivity index is 1.73. The molecule has 1 fully saturated rings. The van der Waals surface area contributed by atoms with Crippen molar-refractivity contribution in [1.82, 2.24) is 9.88 Å². The smallest absolute Gasteiger partial charge is 0.241 e. The minimum atomic E-state index is 0.0304. The number of aromatic amines is 1. The molecular formula is C19H23N3O3. The van der Waals surface area contributed by atoms with Crippen LogP contribution in [0.5, 0.6) is 5.75 Å². The van der Waals surface area contributed by atoms with E-state index in [0.29, 0.717) is 30.9 Å². The van der Waals surface area contributed by atoms with Gasteiger partial charge >= 0.3 is 0 Å². The highest BCUT2D eigenvalue weighted by atomic mass is 16.5. The lowest BCUT2D eigenvalue weighted by Crippen LogP contribution is -2.50. The van der Waals surface area contributed by atoms with Gasteiger partial charge in [0.25, 0.3) is 0 Å². The van der Waals surface area contributed by atoms with Crippen molar-refractivity contribution >= 4 is 11.6 Å². The Kier molecular flexibility index (Phi) is 4.90. The number of H-pyrrole nitrogens is 1. The Labute approximate surface area is 147 Å². The molecule has 2 aromatic rings. The van der Waals surface area contributed by atoms with Crippen LogP contribution in [0.2, 0.25) is 0 Å². The van der Waals surface area contributed by atoms with Crippen molar-refractivity contribution in [3.05, 3.63) is 57.5 Å². The van der Waals surface area contributed by atoms with Gasteiger partial charge in [0, 0.05) is 42.7 Å². The first kappa shape index (κ1) is 17.2. The summed E-state index contributed by atoms with van der Waals surface area (Å²) < 4.78 is 5.36. The molecule has 1 N–H and O–H groups in total. The van der Waals surface area contributed by atoms with Crippen molar-refractivity contribution in [3.8, 4) is 5.75 Å². The summed E-state index contributed by atoms with van der Waals surface area (Å²) in [6.07, 6.45) is 1.73. The fraction of sp³-hybridized carbons (Fsp3) is 0.368. The third kappa shape index (κ3) is 3.44. The lowest BCUT2D eigenvalue weighted by Gasteiger charge is -2.35. The highest BCUT2D eigenvalue weighted by molar-refractivity contribution is 5.96. The second-order valence-electron chi connectivity index (χ2n) is 6.33. The second kappa shape index (κ2) is 7.11. The average Bonchev–Trinajstić information content (AvgIpc) is 2.62. The van der Waals surface area contributed by atoms with Crippen LogP contribution in [0.3, 0.4) is 0 Å². The number of methoxy groups -OCH3 is 1. The van der Waals surface area contributed by atoms with Gasteiger partial charge in [-0.05, 0) is 26.0 Å². The molecule has 0 aliphatic carbocycles. The molecule has 1 amide bonds. The molecule has 0 unspecified atom stereocenters. The van der Waals surface area contributed by atoms with Gasteiger partial charge in [-0.3, -0.25) is 14.5 Å². The van der Waals surface area contributed by atoms with Crippen molar-refractivity contribution in [3.63, 3.8) is 0 Å². The molecule has 132 valence electrons. The average molecular weight is 341 g/mol. The van der Waals surface area contributed by atoms with Gasteiger partial charge in [-0.15, -0.1) is 0 Å². The molecule has 1 aliphatic heterocycles. The SMILES string of the molecule is COc1ccccc1N1CCN(Cc2[nH]cc(C)c(=O)c2C)CC1=O. The first-order chi connectivity index (χ1) is 12.0. The van der Waals surface area contributed by atoms with Crippen LogP contribution in [0.1, 0.15) is 16.8 Å². The molecule has 0 saturated carbocycles. The van der Waals surface area contributed by atoms with Gasteiger partial charge in [-0.2, -0.15) is 0 Å². The summed E-state index contributed by atoms with van der Waals surface area (Å²) in [5.41, 5.74) is 3.16. The van der Waals surface area contributed by atoms with Crippen molar-refractivity contribution < 1.29 is 9.53 Å². The third-order valence-electron chi connectivity index (χ3n) is 4.67. The molecule has 25 heavy (non-hydrogen) atoms. The minimum absolute atomic E-state index is 0.0304. The van der Waals surface area contributed by atoms with Crippen LogP contribution in [0.15, 0.2) is 35.3 Å². The van der Waals surface area contributed by atoms with Crippen molar-refractivity contribution in [1.29, 1.82) is 0 Å². The fourth-order valence-electron chi connectivity index (χ4n) is 3.15. The predicted octanol–water partition coefficient (Wildman–Crippen LogP) is 1.85. The van der Waals surface area contributed by atoms with Crippen molar-refractivity contribution in [2.45, 2.75) is 20.4 Å². The number of nitrogens with one attached hydrogen (secondary N) is 1. The molecule has 1 aromatic heterocycles. The number of aryl methyl sites for hydroxylation is 1. The van der Waals surface area contributed by atoms with E-state index >= 15 is 0 Å². The molecule has 0 radical (unpaired) electrons. The number of hydrogen-bond acceptors (Lipinski definition) is 4. The fourth-order valence-corrected chi connectivity index (χ4v) is 3.15. The van der Waals surface area contributed by atoms with Gasteiger partial charge in [0.1, 0.15) is 5.75 Å². The Morgan fingerprint density at radius 1 is 1.16 bits per heavy atom. The van der Waals surface area contributed by atoms with E-state index in [9.17, 15) is 9.59 Å². The van der Waals surface area contributed by atoms with Crippen LogP contribution in [0.25, 0.3) is 0 Å². The third-order valence-corrected chi connectivity index (χ3v) is 4.67. The van der Waals surface area contributed by atoms with E-state index in [4.69, 9.17) is 4.74 Å². The molecule has 0 atom stereocenters. The lowest BCUT2D eigenvalue weighted by atomic mass is 10.1. The number of aromatic nitrogens is 1. The zero-order chi connectivity index (χ0) is 18.0. The van der Waals surface area contributed by atoms with Gasteiger partial charge < -0.3 is 14.6 Å². The lowest BCUT2D eigenvalue weighted by molar-refractivity contribution is -0.121. The first-order valence-corrected chi connectivity index (χ1v) is 8.34. The number of pyridine rings is 1. The quantitative estimate of drug-likeness (QED) is 0.922. The number of benzene rings is 1. The number of nitrogens with zero attached hydrogens (tertiary/aromatic N) is 2. The van der Waals surface area contributed by atoms with Crippen LogP contribution >= 0.6 is 0 Å². The molecule has 6 heteroatoms. The molecule has 0 spiro atoms. The van der Waals surface area contributed by atoms with Gasteiger partial charge in [0.2, 0.25) is 5.91 Å². The van der Waals surface area contributed by atoms with Crippen LogP contribution in [0, 0.1) is 13.8 Å². The van der Waals surface area contributed by atoms with E-state index in [1.165, 1.54) is 0 Å². The van der Waals surface area contributed by atoms with E-state index in [-0.39, 0.29) is 11.3 Å². The Morgan fingerprint density at radius 2 is 1.92 bits per heavy atom. The summed E-state index contributed by atoms with van der Waals surface area (Å²) in [4.78, 5) is 31.7. The van der Waals surface area contributed by atoms with Crippen LogP contribution < -0.4 is 15.1 Å². The summed E-state index contributed by atoms with van der Waals surface area (Å²) in [7, 11) is 1.61. The van der Waals surface area contributed by atoms with Gasteiger partial charge in [-0.25, -0.2) is 0 Å². The van der Waals surface area contributed by atoms with Crippen molar-refractivity contribution in [2.24, 2.45) is 0 Å². The van der Waals surface area contributed by atoms with E-state index < -0.39 is 0 Å². The zero-order valence-corrected chi connectivity index (χ0v) is 14.8. The van der Waals surface area contributed by atoms with Gasteiger partial charge in [-0.1, -0.05) is 12.1 Å². The largest absolute Gasteiger partial charge is 0.495 e. The maximum atomic E-state index is 12.6. The Hall–Kier alpha value is -2.60. The van der Waals surface area contributed by atoms with E-state index in [2.05, 4.69) is 9.88 Å². The summed E-state index contributed by atoms with van der Waals surface area (Å²) in [5.74, 6) is 0.728. The molecule has 0 bridgehead atoms. The molecule has 3 rings (SSSR count). The highest BCUT2D eigenvalue weighted by Crippen LogP contribution is 2.29. The topological polar surface area (TPSA) is 65.6 Å². The molecular weight excluding hydrogens is 318 g/mol. The number of hydrogen-bond donors (Lipinski definition) is 1. The van der Waals surface area contributed by atoms with Crippen LogP contribution in [-0.4, -0.2) is 42.5 Å². The molecule has 2 heterocycles. The van der Waals surface area contributed by atoms with Crippen molar-refractivity contribution in [2.75, 3.05) is 31.6 Å². The first-order valence-electron chi connectivity index (χ1n) is 8.34. The predicted molar refractivity (Wildman–Crippen MR) is 97.2 cm³/mol. The van der Waals surface area contributed by atoms with Gasteiger partial charge in [0.05, 0.1) is 19.3 Å². The second-order valence-corrected chi connectivity index (χ2v) is 6.33. The minimum Gasteiger partial charge on any atom is -0.495 e. The van der Waals surface area contributed by atoms with Crippen LogP contribution in [0.4, 0.5) is 5.69 Å². The van der Waals surface area contributed by atoms with Gasteiger partial charge in [0.15, 0.2) is 5.43 Å². The maximum absolute atomic E-state index is 12.6. The van der Waals surface area contributed by atoms with E-state index in [1.807, 2.05) is 31.2 Å². The summed E-state index contributed by atoms with van der Waals surface area (Å²) >= 11 is 0. The zero-order valence-electron chi connectivity index (χ0n) is 14.8. The number of para-hydroxylation sites is 2. The Morgan fingerprint density at radius 3 is 2.64 bits per heavy atom. The van der Waals surface area contributed by atoms with E-state index in [0.717, 1.165) is 23.5 Å². The number of rotatable bonds is 4. The number of anilines is 1. The standard InChI is InChI=1S/C19H23N3O3/c1-13-10-20-15(14(2)19(13)24)11-21-8-9-22(18(23)12-21)16-6-4-5-7-17(16)25-3/h4-7,10H,8-9,11-12H2,1-3H3,(H,20,24). The number of amides is 1. The van der Waals surface area contributed by atoms with Crippen LogP contribution in [-0.2, 0) is 11.3 Å². The number of carbonyl (C=O) groups excluding carboxylic acids is 1. The maximum Gasteiger partial charge on any atom is 0.241 e. The molecule has 1 saturated heterocycles. The number of ether oxygens (including phenoxy) is 1.